The number of carboxylic acid groups (broad SMARTS) is 2. The van der Waals surface area contributed by atoms with Gasteiger partial charge < -0.3 is 19.7 Å². The van der Waals surface area contributed by atoms with Gasteiger partial charge in [0.1, 0.15) is 0 Å². The van der Waals surface area contributed by atoms with E-state index in [1.807, 2.05) is 55.4 Å². The smallest absolute Gasteiger partial charge is 0.307 e. The summed E-state index contributed by atoms with van der Waals surface area (Å²) in [4.78, 5) is 44.5. The second kappa shape index (κ2) is 17.4. The van der Waals surface area contributed by atoms with Gasteiger partial charge in [-0.3, -0.25) is 19.2 Å². The highest BCUT2D eigenvalue weighted by Crippen LogP contribution is 2.27. The fourth-order valence-electron chi connectivity index (χ4n) is 2.76. The minimum atomic E-state index is -0.998. The third-order valence-corrected chi connectivity index (χ3v) is 4.26. The number of rotatable bonds is 14. The molecular formula is C24H44O8. The summed E-state index contributed by atoms with van der Waals surface area (Å²) in [6, 6.07) is 0. The molecule has 2 atom stereocenters. The number of ether oxygens (including phenoxy) is 2. The zero-order valence-electron chi connectivity index (χ0n) is 21.1. The van der Waals surface area contributed by atoms with Crippen LogP contribution in [0.4, 0.5) is 0 Å². The van der Waals surface area contributed by atoms with Crippen LogP contribution in [-0.4, -0.2) is 47.3 Å². The van der Waals surface area contributed by atoms with Crippen molar-refractivity contribution in [1.82, 2.24) is 0 Å². The molecule has 0 aliphatic heterocycles. The molecule has 0 aromatic rings. The SMILES string of the molecule is CC(C)CC(C(=O)O)C(CC(C)C)C(=O)O.CC(C)COC(=O)CCC(=O)OCC(C)C. The van der Waals surface area contributed by atoms with E-state index in [1.54, 1.807) is 0 Å². The Kier molecular flexibility index (Phi) is 17.5. The predicted molar refractivity (Wildman–Crippen MR) is 122 cm³/mol. The zero-order valence-corrected chi connectivity index (χ0v) is 21.1. The van der Waals surface area contributed by atoms with E-state index >= 15 is 0 Å². The lowest BCUT2D eigenvalue weighted by Gasteiger charge is -2.23. The quantitative estimate of drug-likeness (QED) is 0.359. The Hall–Kier alpha value is -2.12. The largest absolute Gasteiger partial charge is 0.481 e. The van der Waals surface area contributed by atoms with Crippen LogP contribution in [0.15, 0.2) is 0 Å². The number of carbonyl (C=O) groups excluding carboxylic acids is 2. The molecule has 0 fully saturated rings. The highest BCUT2D eigenvalue weighted by molar-refractivity contribution is 5.80. The van der Waals surface area contributed by atoms with E-state index in [9.17, 15) is 19.2 Å². The molecule has 0 aliphatic rings. The van der Waals surface area contributed by atoms with E-state index in [-0.39, 0.29) is 36.6 Å². The maximum absolute atomic E-state index is 11.2. The van der Waals surface area contributed by atoms with Crippen LogP contribution in [0.1, 0.15) is 81.1 Å². The van der Waals surface area contributed by atoms with Crippen molar-refractivity contribution in [2.45, 2.75) is 81.1 Å². The molecule has 0 amide bonds. The molecule has 188 valence electrons. The normalized spacial score (nSPS) is 12.9. The summed E-state index contributed by atoms with van der Waals surface area (Å²) in [7, 11) is 0. The van der Waals surface area contributed by atoms with Crippen LogP contribution in [0.3, 0.4) is 0 Å². The molecule has 0 aromatic carbocycles. The Balaban J connectivity index is 0. The molecule has 0 aromatic heterocycles. The van der Waals surface area contributed by atoms with Gasteiger partial charge in [-0.25, -0.2) is 0 Å². The molecule has 2 unspecified atom stereocenters. The Morgan fingerprint density at radius 2 is 0.844 bits per heavy atom. The molecule has 2 N–H and O–H groups in total. The Morgan fingerprint density at radius 3 is 1.03 bits per heavy atom. The van der Waals surface area contributed by atoms with Crippen LogP contribution < -0.4 is 0 Å². The number of carbonyl (C=O) groups is 4. The van der Waals surface area contributed by atoms with Crippen molar-refractivity contribution in [1.29, 1.82) is 0 Å². The summed E-state index contributed by atoms with van der Waals surface area (Å²) >= 11 is 0. The fraction of sp³-hybridized carbons (Fsp3) is 0.833. The summed E-state index contributed by atoms with van der Waals surface area (Å²) < 4.78 is 9.87. The number of hydrogen-bond donors (Lipinski definition) is 2. The molecule has 0 saturated carbocycles. The molecule has 0 saturated heterocycles. The molecule has 0 radical (unpaired) electrons. The average molecular weight is 461 g/mol. The van der Waals surface area contributed by atoms with Crippen LogP contribution in [-0.2, 0) is 28.7 Å². The Labute approximate surface area is 193 Å². The minimum absolute atomic E-state index is 0.101. The molecular weight excluding hydrogens is 416 g/mol. The maximum Gasteiger partial charge on any atom is 0.307 e. The van der Waals surface area contributed by atoms with E-state index in [4.69, 9.17) is 19.7 Å². The van der Waals surface area contributed by atoms with Gasteiger partial charge in [-0.05, 0) is 36.5 Å². The molecule has 0 heterocycles. The first-order valence-electron chi connectivity index (χ1n) is 11.4. The van der Waals surface area contributed by atoms with Gasteiger partial charge in [0.25, 0.3) is 0 Å². The third-order valence-electron chi connectivity index (χ3n) is 4.26. The lowest BCUT2D eigenvalue weighted by Crippen LogP contribution is -2.32. The molecule has 0 rings (SSSR count). The van der Waals surface area contributed by atoms with E-state index in [2.05, 4.69) is 0 Å². The van der Waals surface area contributed by atoms with Crippen molar-refractivity contribution in [2.75, 3.05) is 13.2 Å². The first-order chi connectivity index (χ1) is 14.7. The zero-order chi connectivity index (χ0) is 25.4. The van der Waals surface area contributed by atoms with Crippen molar-refractivity contribution in [3.05, 3.63) is 0 Å². The van der Waals surface area contributed by atoms with Gasteiger partial charge in [-0.2, -0.15) is 0 Å². The second-order valence-electron chi connectivity index (χ2n) is 9.80. The van der Waals surface area contributed by atoms with Crippen molar-refractivity contribution >= 4 is 23.9 Å². The number of esters is 2. The monoisotopic (exact) mass is 460 g/mol. The average Bonchev–Trinajstić information content (AvgIpc) is 2.65. The minimum Gasteiger partial charge on any atom is -0.481 e. The maximum atomic E-state index is 11.2. The van der Waals surface area contributed by atoms with Gasteiger partial charge in [-0.1, -0.05) is 55.4 Å². The standard InChI is InChI=1S/2C12H22O4/c1-7(2)5-9(11(13)14)10(12(15)16)6-8(3)4;1-9(2)7-15-11(13)5-6-12(14)16-8-10(3)4/h7-10H,5-6H2,1-4H3,(H,13,14)(H,15,16);9-10H,5-8H2,1-4H3. The first kappa shape index (κ1) is 32.1. The molecule has 8 heteroatoms. The van der Waals surface area contributed by atoms with Crippen LogP contribution in [0.5, 0.6) is 0 Å². The summed E-state index contributed by atoms with van der Waals surface area (Å²) in [5, 5.41) is 18.2. The highest BCUT2D eigenvalue weighted by atomic mass is 16.5. The van der Waals surface area contributed by atoms with Gasteiger partial charge in [-0.15, -0.1) is 0 Å². The number of hydrogen-bond acceptors (Lipinski definition) is 6. The van der Waals surface area contributed by atoms with Crippen molar-refractivity contribution in [2.24, 2.45) is 35.5 Å². The van der Waals surface area contributed by atoms with Crippen LogP contribution in [0.25, 0.3) is 0 Å². The molecule has 0 bridgehead atoms. The van der Waals surface area contributed by atoms with Gasteiger partial charge in [0.05, 0.1) is 37.9 Å². The fourth-order valence-corrected chi connectivity index (χ4v) is 2.76. The lowest BCUT2D eigenvalue weighted by atomic mass is 9.81. The molecule has 0 spiro atoms. The second-order valence-corrected chi connectivity index (χ2v) is 9.80. The van der Waals surface area contributed by atoms with Crippen molar-refractivity contribution in [3.63, 3.8) is 0 Å². The summed E-state index contributed by atoms with van der Waals surface area (Å²) in [5.74, 6) is -3.22. The van der Waals surface area contributed by atoms with Crippen LogP contribution in [0, 0.1) is 35.5 Å². The van der Waals surface area contributed by atoms with Crippen LogP contribution in [0.2, 0.25) is 0 Å². The Bertz CT molecular complexity index is 516. The van der Waals surface area contributed by atoms with E-state index in [0.29, 0.717) is 37.9 Å². The molecule has 0 aliphatic carbocycles. The summed E-state index contributed by atoms with van der Waals surface area (Å²) in [6.07, 6.45) is 1.03. The topological polar surface area (TPSA) is 127 Å². The summed E-state index contributed by atoms with van der Waals surface area (Å²) in [6.45, 7) is 16.3. The van der Waals surface area contributed by atoms with Crippen molar-refractivity contribution in [3.8, 4) is 0 Å². The van der Waals surface area contributed by atoms with Gasteiger partial charge in [0.2, 0.25) is 0 Å². The van der Waals surface area contributed by atoms with Crippen molar-refractivity contribution < 1.29 is 38.9 Å². The van der Waals surface area contributed by atoms with E-state index in [0.717, 1.165) is 0 Å². The third kappa shape index (κ3) is 18.6. The lowest BCUT2D eigenvalue weighted by molar-refractivity contribution is -0.155. The predicted octanol–water partition coefficient (Wildman–Crippen LogP) is 4.65. The number of carboxylic acids is 2. The Morgan fingerprint density at radius 1 is 0.562 bits per heavy atom. The summed E-state index contributed by atoms with van der Waals surface area (Å²) in [5.41, 5.74) is 0. The number of aliphatic carboxylic acids is 2. The van der Waals surface area contributed by atoms with Gasteiger partial charge >= 0.3 is 23.9 Å². The van der Waals surface area contributed by atoms with E-state index < -0.39 is 23.8 Å². The molecule has 8 nitrogen and oxygen atoms in total. The van der Waals surface area contributed by atoms with Gasteiger partial charge in [0.15, 0.2) is 0 Å². The van der Waals surface area contributed by atoms with Crippen LogP contribution >= 0.6 is 0 Å². The molecule has 32 heavy (non-hydrogen) atoms. The van der Waals surface area contributed by atoms with Gasteiger partial charge in [0, 0.05) is 0 Å². The first-order valence-corrected chi connectivity index (χ1v) is 11.4. The highest BCUT2D eigenvalue weighted by Gasteiger charge is 2.34. The van der Waals surface area contributed by atoms with E-state index in [1.165, 1.54) is 0 Å².